The van der Waals surface area contributed by atoms with E-state index in [0.29, 0.717) is 23.5 Å². The smallest absolute Gasteiger partial charge is 0.139 e. The van der Waals surface area contributed by atoms with Crippen LogP contribution in [0.15, 0.2) is 18.2 Å². The van der Waals surface area contributed by atoms with Crippen LogP contribution in [0.25, 0.3) is 0 Å². The van der Waals surface area contributed by atoms with Gasteiger partial charge in [-0.3, -0.25) is 4.79 Å². The topological polar surface area (TPSA) is 17.1 Å². The fourth-order valence-corrected chi connectivity index (χ4v) is 5.43. The summed E-state index contributed by atoms with van der Waals surface area (Å²) >= 11 is 0. The second-order valence-corrected chi connectivity index (χ2v) is 7.37. The van der Waals surface area contributed by atoms with E-state index in [9.17, 15) is 4.79 Å². The lowest BCUT2D eigenvalue weighted by molar-refractivity contribution is -0.129. The third kappa shape index (κ3) is 1.86. The van der Waals surface area contributed by atoms with E-state index >= 15 is 0 Å². The molecule has 0 aliphatic heterocycles. The molecule has 1 nitrogen and oxygen atoms in total. The van der Waals surface area contributed by atoms with E-state index in [-0.39, 0.29) is 11.0 Å². The summed E-state index contributed by atoms with van der Waals surface area (Å²) in [5.41, 5.74) is 2.47. The molecule has 1 aromatic rings. The zero-order chi connectivity index (χ0) is 18.9. The van der Waals surface area contributed by atoms with Gasteiger partial charge in [-0.1, -0.05) is 32.0 Å². The SMILES string of the molecule is [2H]C([2H])([2H])C([2H])([2H])c1ccc2c(c1)CC[C@@H]1[C@@H]2CC[C@]2(C)C(=O)CC[C@@H]12. The van der Waals surface area contributed by atoms with E-state index in [1.165, 1.54) is 5.56 Å². The first kappa shape index (κ1) is 9.12. The lowest BCUT2D eigenvalue weighted by Crippen LogP contribution is -2.42. The molecule has 3 aliphatic carbocycles. The minimum absolute atomic E-state index is 0.141. The minimum atomic E-state index is -2.67. The summed E-state index contributed by atoms with van der Waals surface area (Å²) in [5, 5.41) is 0. The molecule has 0 N–H and O–H groups in total. The normalized spacial score (nSPS) is 42.6. The number of Topliss-reactive ketones (excluding diaryl/α,β-unsaturated/α-hetero) is 1. The van der Waals surface area contributed by atoms with Gasteiger partial charge in [0.25, 0.3) is 0 Å². The van der Waals surface area contributed by atoms with Gasteiger partial charge in [0.1, 0.15) is 5.78 Å². The molecule has 3 aliphatic rings. The number of carbonyl (C=O) groups is 1. The molecule has 0 saturated heterocycles. The van der Waals surface area contributed by atoms with Crippen molar-refractivity contribution in [1.82, 2.24) is 0 Å². The highest BCUT2D eigenvalue weighted by molar-refractivity contribution is 5.87. The van der Waals surface area contributed by atoms with E-state index < -0.39 is 13.2 Å². The number of aryl methyl sites for hydroxylation is 2. The van der Waals surface area contributed by atoms with Crippen LogP contribution in [-0.2, 0) is 17.6 Å². The van der Waals surface area contributed by atoms with Crippen molar-refractivity contribution in [2.75, 3.05) is 0 Å². The second kappa shape index (κ2) is 4.69. The number of benzene rings is 1. The van der Waals surface area contributed by atoms with Crippen molar-refractivity contribution in [1.29, 1.82) is 0 Å². The van der Waals surface area contributed by atoms with Gasteiger partial charge in [-0.05, 0) is 72.9 Å². The Bertz CT molecular complexity index is 753. The van der Waals surface area contributed by atoms with Crippen LogP contribution in [0.3, 0.4) is 0 Å². The predicted octanol–water partition coefficient (Wildman–Crippen LogP) is 4.67. The molecule has 0 heterocycles. The van der Waals surface area contributed by atoms with Crippen LogP contribution in [0.4, 0.5) is 0 Å². The van der Waals surface area contributed by atoms with Gasteiger partial charge in [-0.15, -0.1) is 0 Å². The molecule has 0 amide bonds. The molecule has 21 heavy (non-hydrogen) atoms. The van der Waals surface area contributed by atoms with Crippen LogP contribution in [0.5, 0.6) is 0 Å². The van der Waals surface area contributed by atoms with Gasteiger partial charge >= 0.3 is 0 Å². The van der Waals surface area contributed by atoms with Crippen LogP contribution in [-0.4, -0.2) is 5.78 Å². The molecule has 0 radical (unpaired) electrons. The van der Waals surface area contributed by atoms with E-state index in [1.54, 1.807) is 12.1 Å². The summed E-state index contributed by atoms with van der Waals surface area (Å²) in [7, 11) is 0. The third-order valence-electron chi connectivity index (χ3n) is 6.58. The molecule has 0 unspecified atom stereocenters. The van der Waals surface area contributed by atoms with Gasteiger partial charge in [-0.25, -0.2) is 0 Å². The van der Waals surface area contributed by atoms with Crippen molar-refractivity contribution in [3.63, 3.8) is 0 Å². The van der Waals surface area contributed by atoms with Crippen molar-refractivity contribution in [2.45, 2.75) is 64.6 Å². The van der Waals surface area contributed by atoms with Crippen LogP contribution in [0.1, 0.15) is 75.3 Å². The molecule has 0 aromatic heterocycles. The summed E-state index contributed by atoms with van der Waals surface area (Å²) in [6, 6.07) is 5.41. The monoisotopic (exact) mass is 287 g/mol. The molecule has 1 heteroatoms. The van der Waals surface area contributed by atoms with Gasteiger partial charge in [0.2, 0.25) is 0 Å². The van der Waals surface area contributed by atoms with Crippen LogP contribution in [0.2, 0.25) is 0 Å². The zero-order valence-electron chi connectivity index (χ0n) is 17.6. The Labute approximate surface area is 135 Å². The molecule has 4 atom stereocenters. The molecule has 2 saturated carbocycles. The van der Waals surface area contributed by atoms with E-state index in [0.717, 1.165) is 44.1 Å². The average molecular weight is 287 g/mol. The summed E-state index contributed by atoms with van der Waals surface area (Å²) in [4.78, 5) is 12.4. The van der Waals surface area contributed by atoms with Crippen molar-refractivity contribution in [3.05, 3.63) is 34.9 Å². The molecule has 0 spiro atoms. The van der Waals surface area contributed by atoms with Gasteiger partial charge in [0.05, 0.1) is 0 Å². The highest BCUT2D eigenvalue weighted by Crippen LogP contribution is 2.59. The molecular weight excluding hydrogens is 256 g/mol. The predicted molar refractivity (Wildman–Crippen MR) is 85.4 cm³/mol. The Morgan fingerprint density at radius 3 is 3.10 bits per heavy atom. The maximum absolute atomic E-state index is 12.4. The molecular formula is C20H26O. The fraction of sp³-hybridized carbons (Fsp3) is 0.650. The molecule has 2 fully saturated rings. The Morgan fingerprint density at radius 2 is 2.24 bits per heavy atom. The summed E-state index contributed by atoms with van der Waals surface area (Å²) < 4.78 is 38.6. The Morgan fingerprint density at radius 1 is 1.33 bits per heavy atom. The highest BCUT2D eigenvalue weighted by atomic mass is 16.1. The van der Waals surface area contributed by atoms with Crippen molar-refractivity contribution < 1.29 is 11.6 Å². The zero-order valence-corrected chi connectivity index (χ0v) is 12.6. The van der Waals surface area contributed by atoms with Gasteiger partial charge in [-0.2, -0.15) is 0 Å². The quantitative estimate of drug-likeness (QED) is 0.733. The van der Waals surface area contributed by atoms with Crippen molar-refractivity contribution >= 4 is 5.78 Å². The number of rotatable bonds is 1. The van der Waals surface area contributed by atoms with Crippen LogP contribution < -0.4 is 0 Å². The first-order valence-electron chi connectivity index (χ1n) is 10.7. The number of hydrogen-bond acceptors (Lipinski definition) is 1. The van der Waals surface area contributed by atoms with Gasteiger partial charge in [0.15, 0.2) is 0 Å². The fourth-order valence-electron chi connectivity index (χ4n) is 5.43. The van der Waals surface area contributed by atoms with Gasteiger partial charge in [0, 0.05) is 18.7 Å². The number of fused-ring (bicyclic) bond motifs is 5. The molecule has 0 bridgehead atoms. The van der Waals surface area contributed by atoms with E-state index in [4.69, 9.17) is 6.85 Å². The Kier molecular flexibility index (Phi) is 2.04. The van der Waals surface area contributed by atoms with Crippen LogP contribution >= 0.6 is 0 Å². The third-order valence-corrected chi connectivity index (χ3v) is 6.58. The lowest BCUT2D eigenvalue weighted by Gasteiger charge is -2.48. The van der Waals surface area contributed by atoms with E-state index in [1.807, 2.05) is 6.07 Å². The second-order valence-electron chi connectivity index (χ2n) is 7.37. The Hall–Kier alpha value is -1.11. The summed E-state index contributed by atoms with van der Waals surface area (Å²) in [6.07, 6.45) is 3.20. The highest BCUT2D eigenvalue weighted by Gasteiger charge is 2.54. The minimum Gasteiger partial charge on any atom is -0.299 e. The standard InChI is InChI=1S/C20H26O/c1-3-13-4-6-15-14(12-13)5-7-17-16(15)10-11-20(2)18(17)8-9-19(20)21/h4,6,12,16-18H,3,5,7-11H2,1-2H3/t16-,17-,18+,20+/m1/s1/i1D3,3D2. The first-order chi connectivity index (χ1) is 12.1. The lowest BCUT2D eigenvalue weighted by atomic mass is 9.55. The number of hydrogen-bond donors (Lipinski definition) is 0. The average Bonchev–Trinajstić information content (AvgIpc) is 2.88. The van der Waals surface area contributed by atoms with Crippen LogP contribution in [0, 0.1) is 17.3 Å². The maximum Gasteiger partial charge on any atom is 0.139 e. The summed E-state index contributed by atoms with van der Waals surface area (Å²) in [6.45, 7) is -0.512. The Balaban J connectivity index is 1.67. The van der Waals surface area contributed by atoms with E-state index in [2.05, 4.69) is 6.92 Å². The van der Waals surface area contributed by atoms with Gasteiger partial charge < -0.3 is 0 Å². The largest absolute Gasteiger partial charge is 0.299 e. The summed E-state index contributed by atoms with van der Waals surface area (Å²) in [5.74, 6) is 1.86. The molecule has 112 valence electrons. The van der Waals surface area contributed by atoms with Crippen molar-refractivity contribution in [3.8, 4) is 0 Å². The maximum atomic E-state index is 12.4. The molecule has 1 aromatic carbocycles. The number of carbonyl (C=O) groups excluding carboxylic acids is 1. The van der Waals surface area contributed by atoms with Crippen molar-refractivity contribution in [2.24, 2.45) is 17.3 Å². The first-order valence-corrected chi connectivity index (χ1v) is 8.22. The molecule has 4 rings (SSSR count). The number of ketones is 1.